The Morgan fingerprint density at radius 3 is 2.45 bits per heavy atom. The zero-order valence-electron chi connectivity index (χ0n) is 12.5. The molecule has 3 N–H and O–H groups in total. The molecule has 0 fully saturated rings. The van der Waals surface area contributed by atoms with Gasteiger partial charge in [0.05, 0.1) is 18.8 Å². The van der Waals surface area contributed by atoms with E-state index in [9.17, 15) is 10.2 Å². The number of thioether (sulfide) groups is 1. The predicted octanol–water partition coefficient (Wildman–Crippen LogP) is 0.525. The normalized spacial score (nSPS) is 15.5. The summed E-state index contributed by atoms with van der Waals surface area (Å²) in [6.45, 7) is 1.77. The van der Waals surface area contributed by atoms with Crippen molar-refractivity contribution in [3.63, 3.8) is 0 Å². The first-order valence-corrected chi connectivity index (χ1v) is 7.92. The van der Waals surface area contributed by atoms with Gasteiger partial charge in [-0.2, -0.15) is 0 Å². The summed E-state index contributed by atoms with van der Waals surface area (Å²) in [5, 5.41) is 41.3. The smallest absolute Gasteiger partial charge is 0.209 e. The van der Waals surface area contributed by atoms with E-state index in [1.54, 1.807) is 38.2 Å². The summed E-state index contributed by atoms with van der Waals surface area (Å²) in [6.07, 6.45) is -1.48. The molecule has 2 aromatic rings. The van der Waals surface area contributed by atoms with Gasteiger partial charge in [-0.25, -0.2) is 4.68 Å². The van der Waals surface area contributed by atoms with Crippen molar-refractivity contribution in [2.45, 2.75) is 30.9 Å². The third-order valence-electron chi connectivity index (χ3n) is 3.57. The lowest BCUT2D eigenvalue weighted by atomic mass is 9.93. The number of aliphatic hydroxyl groups is 3. The van der Waals surface area contributed by atoms with Crippen molar-refractivity contribution in [1.29, 1.82) is 0 Å². The second-order valence-electron chi connectivity index (χ2n) is 5.17. The maximum absolute atomic E-state index is 10.4. The molecule has 0 aliphatic rings. The van der Waals surface area contributed by atoms with Crippen molar-refractivity contribution < 1.29 is 15.3 Å². The molecule has 0 amide bonds. The van der Waals surface area contributed by atoms with Crippen LogP contribution in [0.25, 0.3) is 0 Å². The number of aliphatic hydroxyl groups excluding tert-OH is 3. The van der Waals surface area contributed by atoms with Crippen molar-refractivity contribution >= 4 is 11.8 Å². The SMILES string of the molecule is C[C@@H]([C@H](O)CSc1nnnn1C)[C@@H](O)c1ccc(CO)cc1. The van der Waals surface area contributed by atoms with Crippen LogP contribution < -0.4 is 0 Å². The van der Waals surface area contributed by atoms with Crippen LogP contribution in [0.4, 0.5) is 0 Å². The fourth-order valence-corrected chi connectivity index (χ4v) is 2.93. The summed E-state index contributed by atoms with van der Waals surface area (Å²) < 4.78 is 1.53. The van der Waals surface area contributed by atoms with Crippen LogP contribution in [0.2, 0.25) is 0 Å². The molecular formula is C14H20N4O3S. The third kappa shape index (κ3) is 4.04. The van der Waals surface area contributed by atoms with Crippen molar-refractivity contribution in [1.82, 2.24) is 20.2 Å². The Morgan fingerprint density at radius 1 is 1.23 bits per heavy atom. The lowest BCUT2D eigenvalue weighted by Crippen LogP contribution is -2.26. The second-order valence-corrected chi connectivity index (χ2v) is 6.15. The zero-order chi connectivity index (χ0) is 16.1. The van der Waals surface area contributed by atoms with Crippen LogP contribution in [0.15, 0.2) is 29.4 Å². The van der Waals surface area contributed by atoms with Crippen molar-refractivity contribution in [2.24, 2.45) is 13.0 Å². The Balaban J connectivity index is 1.93. The predicted molar refractivity (Wildman–Crippen MR) is 82.0 cm³/mol. The molecule has 2 rings (SSSR count). The second kappa shape index (κ2) is 7.68. The van der Waals surface area contributed by atoms with Gasteiger partial charge in [0.1, 0.15) is 0 Å². The summed E-state index contributed by atoms with van der Waals surface area (Å²) >= 11 is 1.34. The number of hydrogen-bond acceptors (Lipinski definition) is 7. The summed E-state index contributed by atoms with van der Waals surface area (Å²) in [6, 6.07) is 7.05. The molecule has 0 saturated carbocycles. The molecule has 1 aromatic heterocycles. The van der Waals surface area contributed by atoms with Crippen LogP contribution in [0, 0.1) is 5.92 Å². The van der Waals surface area contributed by atoms with E-state index in [1.807, 2.05) is 0 Å². The average Bonchev–Trinajstić information content (AvgIpc) is 2.96. The van der Waals surface area contributed by atoms with E-state index in [0.717, 1.165) is 5.56 Å². The molecule has 1 aromatic carbocycles. The summed E-state index contributed by atoms with van der Waals surface area (Å²) in [4.78, 5) is 0. The average molecular weight is 324 g/mol. The maximum atomic E-state index is 10.4. The number of nitrogens with zero attached hydrogens (tertiary/aromatic N) is 4. The highest BCUT2D eigenvalue weighted by Crippen LogP contribution is 2.27. The molecule has 0 spiro atoms. The number of benzene rings is 1. The molecule has 1 heterocycles. The highest BCUT2D eigenvalue weighted by Gasteiger charge is 2.24. The van der Waals surface area contributed by atoms with Crippen LogP contribution in [0.3, 0.4) is 0 Å². The van der Waals surface area contributed by atoms with E-state index >= 15 is 0 Å². The van der Waals surface area contributed by atoms with Gasteiger partial charge in [-0.05, 0) is 21.6 Å². The maximum Gasteiger partial charge on any atom is 0.209 e. The highest BCUT2D eigenvalue weighted by molar-refractivity contribution is 7.99. The van der Waals surface area contributed by atoms with Gasteiger partial charge in [0.25, 0.3) is 0 Å². The Bertz CT molecular complexity index is 590. The Labute approximate surface area is 133 Å². The number of aromatic nitrogens is 4. The molecule has 8 heteroatoms. The van der Waals surface area contributed by atoms with E-state index < -0.39 is 12.2 Å². The zero-order valence-corrected chi connectivity index (χ0v) is 13.3. The van der Waals surface area contributed by atoms with Gasteiger partial charge in [0.2, 0.25) is 5.16 Å². The molecule has 0 radical (unpaired) electrons. The minimum absolute atomic E-state index is 0.0308. The summed E-state index contributed by atoms with van der Waals surface area (Å²) in [5.74, 6) is 0.0508. The van der Waals surface area contributed by atoms with E-state index in [-0.39, 0.29) is 12.5 Å². The van der Waals surface area contributed by atoms with Crippen LogP contribution in [-0.4, -0.2) is 47.4 Å². The molecular weight excluding hydrogens is 304 g/mol. The number of hydrogen-bond donors (Lipinski definition) is 3. The first-order chi connectivity index (χ1) is 10.5. The fourth-order valence-electron chi connectivity index (χ4n) is 1.99. The van der Waals surface area contributed by atoms with Gasteiger partial charge >= 0.3 is 0 Å². The molecule has 0 unspecified atom stereocenters. The molecule has 0 aliphatic heterocycles. The van der Waals surface area contributed by atoms with E-state index in [2.05, 4.69) is 15.5 Å². The Hall–Kier alpha value is -1.48. The van der Waals surface area contributed by atoms with Crippen molar-refractivity contribution in [3.05, 3.63) is 35.4 Å². The lowest BCUT2D eigenvalue weighted by Gasteiger charge is -2.24. The fraction of sp³-hybridized carbons (Fsp3) is 0.500. The largest absolute Gasteiger partial charge is 0.392 e. The van der Waals surface area contributed by atoms with Gasteiger partial charge in [0.15, 0.2) is 0 Å². The Morgan fingerprint density at radius 2 is 1.91 bits per heavy atom. The van der Waals surface area contributed by atoms with E-state index in [1.165, 1.54) is 16.4 Å². The molecule has 0 saturated heterocycles. The summed E-state index contributed by atoms with van der Waals surface area (Å²) in [7, 11) is 1.73. The Kier molecular flexibility index (Phi) is 5.90. The van der Waals surface area contributed by atoms with E-state index in [4.69, 9.17) is 5.11 Å². The number of tetrazole rings is 1. The number of rotatable bonds is 7. The molecule has 0 bridgehead atoms. The topological polar surface area (TPSA) is 104 Å². The minimum Gasteiger partial charge on any atom is -0.392 e. The van der Waals surface area contributed by atoms with Gasteiger partial charge in [-0.3, -0.25) is 0 Å². The van der Waals surface area contributed by atoms with Crippen LogP contribution >= 0.6 is 11.8 Å². The molecule has 0 aliphatic carbocycles. The third-order valence-corrected chi connectivity index (χ3v) is 4.69. The van der Waals surface area contributed by atoms with Crippen LogP contribution in [0.1, 0.15) is 24.2 Å². The van der Waals surface area contributed by atoms with Gasteiger partial charge < -0.3 is 15.3 Å². The number of aryl methyl sites for hydroxylation is 1. The highest BCUT2D eigenvalue weighted by atomic mass is 32.2. The van der Waals surface area contributed by atoms with Gasteiger partial charge in [0, 0.05) is 18.7 Å². The quantitative estimate of drug-likeness (QED) is 0.638. The first kappa shape index (κ1) is 16.9. The molecule has 120 valence electrons. The summed E-state index contributed by atoms with van der Waals surface area (Å²) in [5.41, 5.74) is 1.50. The first-order valence-electron chi connectivity index (χ1n) is 6.94. The lowest BCUT2D eigenvalue weighted by molar-refractivity contribution is 0.0330. The van der Waals surface area contributed by atoms with Crippen molar-refractivity contribution in [3.8, 4) is 0 Å². The standard InChI is InChI=1S/C14H20N4O3S/c1-9(12(20)8-22-14-15-16-17-18(14)2)13(21)11-5-3-10(7-19)4-6-11/h3-6,9,12-13,19-21H,7-8H2,1-2H3/t9-,12+,13+/m0/s1. The minimum atomic E-state index is -0.777. The van der Waals surface area contributed by atoms with Crippen molar-refractivity contribution in [2.75, 3.05) is 5.75 Å². The molecule has 3 atom stereocenters. The monoisotopic (exact) mass is 324 g/mol. The molecule has 22 heavy (non-hydrogen) atoms. The van der Waals surface area contributed by atoms with Crippen LogP contribution in [-0.2, 0) is 13.7 Å². The van der Waals surface area contributed by atoms with Gasteiger partial charge in [-0.15, -0.1) is 5.10 Å². The molecule has 7 nitrogen and oxygen atoms in total. The van der Waals surface area contributed by atoms with Gasteiger partial charge in [-0.1, -0.05) is 43.0 Å². The van der Waals surface area contributed by atoms with E-state index in [0.29, 0.717) is 16.5 Å². The van der Waals surface area contributed by atoms with Crippen LogP contribution in [0.5, 0.6) is 0 Å².